The van der Waals surface area contributed by atoms with Crippen LogP contribution in [0.15, 0.2) is 5.16 Å². The number of hydrogen-bond acceptors (Lipinski definition) is 4. The Morgan fingerprint density at radius 1 is 1.14 bits per heavy atom. The zero-order chi connectivity index (χ0) is 16.0. The number of methoxy groups -OCH3 is 1. The van der Waals surface area contributed by atoms with E-state index in [4.69, 9.17) is 4.84 Å². The molecule has 0 aliphatic carbocycles. The fraction of sp³-hybridized carbons (Fsp3) is 0.889. The van der Waals surface area contributed by atoms with Gasteiger partial charge in [0.15, 0.2) is 0 Å². The minimum atomic E-state index is -0.176. The van der Waals surface area contributed by atoms with Crippen molar-refractivity contribution in [3.8, 4) is 0 Å². The number of carbonyl (C=O) groups excluding carboxylic acids is 1. The van der Waals surface area contributed by atoms with Crippen molar-refractivity contribution in [2.75, 3.05) is 7.11 Å². The van der Waals surface area contributed by atoms with Gasteiger partial charge in [0.05, 0.1) is 19.2 Å². The number of rotatable bonds is 13. The van der Waals surface area contributed by atoms with Crippen molar-refractivity contribution in [1.82, 2.24) is 0 Å². The Bertz CT molecular complexity index is 328. The van der Waals surface area contributed by atoms with Crippen molar-refractivity contribution in [2.24, 2.45) is 5.16 Å². The van der Waals surface area contributed by atoms with Gasteiger partial charge in [0.2, 0.25) is 0 Å². The molecule has 0 spiro atoms. The third-order valence-corrected chi connectivity index (χ3v) is 4.27. The van der Waals surface area contributed by atoms with Crippen LogP contribution in [0.2, 0.25) is 0 Å². The number of ether oxygens (including phenoxy) is 1. The lowest BCUT2D eigenvalue weighted by Crippen LogP contribution is -2.09. The molecule has 0 N–H and O–H groups in total. The molecule has 4 nitrogen and oxygen atoms in total. The van der Waals surface area contributed by atoms with Crippen LogP contribution in [0.25, 0.3) is 0 Å². The topological polar surface area (TPSA) is 47.9 Å². The van der Waals surface area contributed by atoms with E-state index in [2.05, 4.69) is 16.8 Å². The third kappa shape index (κ3) is 9.06. The highest BCUT2D eigenvalue weighted by molar-refractivity contribution is 5.88. The van der Waals surface area contributed by atoms with Crippen molar-refractivity contribution in [3.63, 3.8) is 0 Å². The number of nitrogens with zero attached hydrogens (tertiary/aromatic N) is 1. The first-order valence-electron chi connectivity index (χ1n) is 9.04. The molecule has 0 saturated heterocycles. The molecule has 128 valence electrons. The van der Waals surface area contributed by atoms with Crippen LogP contribution < -0.4 is 0 Å². The normalized spacial score (nSPS) is 17.2. The predicted molar refractivity (Wildman–Crippen MR) is 90.0 cm³/mol. The summed E-state index contributed by atoms with van der Waals surface area (Å²) < 4.78 is 4.64. The third-order valence-electron chi connectivity index (χ3n) is 4.27. The highest BCUT2D eigenvalue weighted by Gasteiger charge is 2.20. The quantitative estimate of drug-likeness (QED) is 0.355. The molecule has 0 bridgehead atoms. The molecular weight excluding hydrogens is 278 g/mol. The molecule has 0 aromatic carbocycles. The molecule has 1 aliphatic heterocycles. The molecule has 4 heteroatoms. The van der Waals surface area contributed by atoms with Gasteiger partial charge in [0.25, 0.3) is 0 Å². The lowest BCUT2D eigenvalue weighted by molar-refractivity contribution is -0.140. The standard InChI is InChI=1S/C18H33NO3/c1-3-4-5-6-7-8-9-10-11-12-17-15-16(19-22-17)13-14-18(20)21-2/h17H,3-15H2,1-2H3. The Hall–Kier alpha value is -1.06. The summed E-state index contributed by atoms with van der Waals surface area (Å²) in [5.74, 6) is -0.176. The average molecular weight is 311 g/mol. The van der Waals surface area contributed by atoms with Gasteiger partial charge in [0, 0.05) is 6.42 Å². The summed E-state index contributed by atoms with van der Waals surface area (Å²) in [4.78, 5) is 16.5. The second kappa shape index (κ2) is 12.5. The Balaban J connectivity index is 1.90. The predicted octanol–water partition coefficient (Wildman–Crippen LogP) is 5.01. The van der Waals surface area contributed by atoms with Crippen LogP contribution in [0, 0.1) is 0 Å². The minimum Gasteiger partial charge on any atom is -0.469 e. The molecule has 0 saturated carbocycles. The van der Waals surface area contributed by atoms with Crippen molar-refractivity contribution in [1.29, 1.82) is 0 Å². The second-order valence-corrected chi connectivity index (χ2v) is 6.28. The Labute approximate surface area is 135 Å². The number of esters is 1. The molecule has 1 rings (SSSR count). The molecule has 0 amide bonds. The summed E-state index contributed by atoms with van der Waals surface area (Å²) in [7, 11) is 1.42. The fourth-order valence-electron chi connectivity index (χ4n) is 2.82. The van der Waals surface area contributed by atoms with Gasteiger partial charge in [-0.2, -0.15) is 0 Å². The van der Waals surface area contributed by atoms with E-state index in [0.29, 0.717) is 12.8 Å². The monoisotopic (exact) mass is 311 g/mol. The van der Waals surface area contributed by atoms with Crippen LogP contribution in [0.5, 0.6) is 0 Å². The van der Waals surface area contributed by atoms with Gasteiger partial charge in [-0.1, -0.05) is 63.4 Å². The summed E-state index contributed by atoms with van der Waals surface area (Å²) >= 11 is 0. The lowest BCUT2D eigenvalue weighted by Gasteiger charge is -2.07. The Morgan fingerprint density at radius 3 is 2.41 bits per heavy atom. The van der Waals surface area contributed by atoms with Crippen molar-refractivity contribution in [3.05, 3.63) is 0 Å². The van der Waals surface area contributed by atoms with E-state index in [9.17, 15) is 4.79 Å². The van der Waals surface area contributed by atoms with Gasteiger partial charge >= 0.3 is 5.97 Å². The molecule has 0 aromatic heterocycles. The molecular formula is C18H33NO3. The Kier molecular flexibility index (Phi) is 10.8. The zero-order valence-electron chi connectivity index (χ0n) is 14.4. The first kappa shape index (κ1) is 19.0. The number of unbranched alkanes of at least 4 members (excludes halogenated alkanes) is 8. The molecule has 0 aromatic rings. The number of hydrogen-bond donors (Lipinski definition) is 0. The maximum Gasteiger partial charge on any atom is 0.305 e. The second-order valence-electron chi connectivity index (χ2n) is 6.28. The van der Waals surface area contributed by atoms with E-state index in [1.165, 1.54) is 64.9 Å². The van der Waals surface area contributed by atoms with E-state index in [0.717, 1.165) is 18.6 Å². The highest BCUT2D eigenvalue weighted by Crippen LogP contribution is 2.20. The minimum absolute atomic E-state index is 0.176. The largest absolute Gasteiger partial charge is 0.469 e. The SMILES string of the molecule is CCCCCCCCCCCC1CC(CCC(=O)OC)=NO1. The van der Waals surface area contributed by atoms with E-state index in [-0.39, 0.29) is 12.1 Å². The Morgan fingerprint density at radius 2 is 1.77 bits per heavy atom. The molecule has 0 radical (unpaired) electrons. The maximum absolute atomic E-state index is 11.1. The lowest BCUT2D eigenvalue weighted by atomic mass is 10.0. The van der Waals surface area contributed by atoms with Crippen LogP contribution in [0.3, 0.4) is 0 Å². The summed E-state index contributed by atoms with van der Waals surface area (Å²) in [6.45, 7) is 2.26. The van der Waals surface area contributed by atoms with E-state index >= 15 is 0 Å². The average Bonchev–Trinajstić information content (AvgIpc) is 2.99. The van der Waals surface area contributed by atoms with Gasteiger partial charge in [0.1, 0.15) is 6.10 Å². The fourth-order valence-corrected chi connectivity index (χ4v) is 2.82. The van der Waals surface area contributed by atoms with Crippen molar-refractivity contribution >= 4 is 11.7 Å². The van der Waals surface area contributed by atoms with E-state index in [1.54, 1.807) is 0 Å². The first-order valence-corrected chi connectivity index (χ1v) is 9.04. The summed E-state index contributed by atoms with van der Waals surface area (Å²) in [5.41, 5.74) is 1.01. The summed E-state index contributed by atoms with van der Waals surface area (Å²) in [6, 6.07) is 0. The van der Waals surface area contributed by atoms with Gasteiger partial charge in [-0.25, -0.2) is 0 Å². The van der Waals surface area contributed by atoms with Crippen LogP contribution >= 0.6 is 0 Å². The molecule has 1 aliphatic rings. The summed E-state index contributed by atoms with van der Waals surface area (Å²) in [5, 5.41) is 4.09. The number of oxime groups is 1. The van der Waals surface area contributed by atoms with E-state index < -0.39 is 0 Å². The highest BCUT2D eigenvalue weighted by atomic mass is 16.6. The molecule has 0 fully saturated rings. The van der Waals surface area contributed by atoms with Crippen molar-refractivity contribution < 1.29 is 14.4 Å². The molecule has 1 heterocycles. The van der Waals surface area contributed by atoms with Crippen LogP contribution in [-0.2, 0) is 14.4 Å². The van der Waals surface area contributed by atoms with Crippen LogP contribution in [-0.4, -0.2) is 24.9 Å². The molecule has 1 unspecified atom stereocenters. The summed E-state index contributed by atoms with van der Waals surface area (Å²) in [6.07, 6.45) is 15.4. The van der Waals surface area contributed by atoms with Gasteiger partial charge in [-0.15, -0.1) is 0 Å². The smallest absolute Gasteiger partial charge is 0.305 e. The van der Waals surface area contributed by atoms with Crippen LogP contribution in [0.4, 0.5) is 0 Å². The zero-order valence-corrected chi connectivity index (χ0v) is 14.4. The van der Waals surface area contributed by atoms with Gasteiger partial charge < -0.3 is 9.57 Å². The van der Waals surface area contributed by atoms with Crippen LogP contribution in [0.1, 0.15) is 90.4 Å². The maximum atomic E-state index is 11.1. The van der Waals surface area contributed by atoms with Gasteiger partial charge in [-0.05, 0) is 19.3 Å². The van der Waals surface area contributed by atoms with E-state index in [1.807, 2.05) is 0 Å². The molecule has 22 heavy (non-hydrogen) atoms. The molecule has 1 atom stereocenters. The van der Waals surface area contributed by atoms with Crippen molar-refractivity contribution in [2.45, 2.75) is 96.5 Å². The van der Waals surface area contributed by atoms with Gasteiger partial charge in [-0.3, -0.25) is 4.79 Å². The number of carbonyl (C=O) groups is 1. The first-order chi connectivity index (χ1) is 10.8.